The number of hydrogen-bond acceptors (Lipinski definition) is 4. The number of aryl methyl sites for hydroxylation is 1. The summed E-state index contributed by atoms with van der Waals surface area (Å²) in [5, 5.41) is 2.56. The van der Waals surface area contributed by atoms with Crippen molar-refractivity contribution in [1.29, 1.82) is 0 Å². The summed E-state index contributed by atoms with van der Waals surface area (Å²) in [4.78, 5) is 27.1. The highest BCUT2D eigenvalue weighted by Crippen LogP contribution is 2.41. The molecule has 0 saturated heterocycles. The van der Waals surface area contributed by atoms with Crippen LogP contribution in [-0.4, -0.2) is 20.3 Å². The van der Waals surface area contributed by atoms with Crippen LogP contribution in [0, 0.1) is 0 Å². The molecule has 3 aromatic heterocycles. The van der Waals surface area contributed by atoms with E-state index < -0.39 is 0 Å². The number of ether oxygens (including phenoxy) is 1. The summed E-state index contributed by atoms with van der Waals surface area (Å²) < 4.78 is 12.0. The highest BCUT2D eigenvalue weighted by molar-refractivity contribution is 9.10. The fraction of sp³-hybridized carbons (Fsp3) is 0.238. The molecule has 8 heteroatoms. The first-order chi connectivity index (χ1) is 14.0. The minimum Gasteiger partial charge on any atom is -0.364 e. The summed E-state index contributed by atoms with van der Waals surface area (Å²) in [5.41, 5.74) is 2.66. The average molecular weight is 472 g/mol. The fourth-order valence-electron chi connectivity index (χ4n) is 4.14. The van der Waals surface area contributed by atoms with Gasteiger partial charge in [0.1, 0.15) is 6.10 Å². The molecule has 0 spiro atoms. The zero-order chi connectivity index (χ0) is 20.3. The first kappa shape index (κ1) is 18.6. The van der Waals surface area contributed by atoms with Gasteiger partial charge in [0.05, 0.1) is 28.9 Å². The van der Waals surface area contributed by atoms with E-state index in [1.807, 2.05) is 41.8 Å². The van der Waals surface area contributed by atoms with Crippen molar-refractivity contribution in [3.05, 3.63) is 77.7 Å². The molecule has 5 rings (SSSR count). The van der Waals surface area contributed by atoms with Crippen molar-refractivity contribution in [2.24, 2.45) is 14.1 Å². The lowest BCUT2D eigenvalue weighted by Crippen LogP contribution is -2.37. The monoisotopic (exact) mass is 471 g/mol. The smallest absolute Gasteiger partial charge is 0.331 e. The van der Waals surface area contributed by atoms with Crippen LogP contribution in [0.15, 0.2) is 55.8 Å². The summed E-state index contributed by atoms with van der Waals surface area (Å²) in [6.07, 6.45) is -0.312. The predicted molar refractivity (Wildman–Crippen MR) is 118 cm³/mol. The highest BCUT2D eigenvalue weighted by Gasteiger charge is 2.33. The van der Waals surface area contributed by atoms with Gasteiger partial charge in [0.15, 0.2) is 0 Å². The molecular weight excluding hydrogens is 454 g/mol. The lowest BCUT2D eigenvalue weighted by Gasteiger charge is -2.26. The molecule has 0 N–H and O–H groups in total. The van der Waals surface area contributed by atoms with Crippen LogP contribution in [0.2, 0.25) is 0 Å². The maximum absolute atomic E-state index is 13.3. The Morgan fingerprint density at radius 3 is 2.55 bits per heavy atom. The fourth-order valence-corrected chi connectivity index (χ4v) is 5.18. The van der Waals surface area contributed by atoms with Crippen molar-refractivity contribution in [3.63, 3.8) is 0 Å². The summed E-state index contributed by atoms with van der Waals surface area (Å²) in [7, 11) is 3.25. The van der Waals surface area contributed by atoms with Gasteiger partial charge >= 0.3 is 5.69 Å². The summed E-state index contributed by atoms with van der Waals surface area (Å²) in [6, 6.07) is 11.9. The molecule has 1 atom stereocenters. The van der Waals surface area contributed by atoms with Crippen molar-refractivity contribution >= 4 is 38.2 Å². The molecule has 4 aromatic rings. The maximum Gasteiger partial charge on any atom is 0.331 e. The van der Waals surface area contributed by atoms with E-state index in [1.165, 1.54) is 11.6 Å². The van der Waals surface area contributed by atoms with Gasteiger partial charge in [-0.25, -0.2) is 4.79 Å². The molecule has 0 aliphatic carbocycles. The molecule has 148 valence electrons. The molecule has 0 fully saturated rings. The van der Waals surface area contributed by atoms with Crippen LogP contribution in [0.5, 0.6) is 0 Å². The summed E-state index contributed by atoms with van der Waals surface area (Å²) >= 11 is 5.09. The standard InChI is InChI=1S/C21H18BrN3O3S/c1-23-17-15(20(26)24(2)21(23)27)16(12-5-7-13(22)8-6-12)25-9-10-28-19(18(17)25)14-4-3-11-29-14/h3-8,11,19H,9-10H2,1-2H3/t19-/m1/s1. The minimum atomic E-state index is -0.339. The number of thiophene rings is 1. The Morgan fingerprint density at radius 1 is 1.10 bits per heavy atom. The number of rotatable bonds is 2. The average Bonchev–Trinajstić information content (AvgIpc) is 3.37. The molecule has 1 aliphatic rings. The molecule has 1 aromatic carbocycles. The molecule has 0 saturated carbocycles. The van der Waals surface area contributed by atoms with E-state index in [0.717, 1.165) is 26.3 Å². The van der Waals surface area contributed by atoms with Crippen LogP contribution >= 0.6 is 27.3 Å². The lowest BCUT2D eigenvalue weighted by molar-refractivity contribution is 0.0500. The third kappa shape index (κ3) is 2.70. The molecule has 0 amide bonds. The van der Waals surface area contributed by atoms with E-state index in [9.17, 15) is 9.59 Å². The van der Waals surface area contributed by atoms with E-state index in [-0.39, 0.29) is 17.4 Å². The van der Waals surface area contributed by atoms with Crippen LogP contribution in [0.4, 0.5) is 0 Å². The second kappa shape index (κ2) is 6.83. The normalized spacial score (nSPS) is 16.3. The third-order valence-electron chi connectivity index (χ3n) is 5.47. The maximum atomic E-state index is 13.3. The number of hydrogen-bond donors (Lipinski definition) is 0. The Bertz CT molecular complexity index is 1350. The Morgan fingerprint density at radius 2 is 1.86 bits per heavy atom. The van der Waals surface area contributed by atoms with Gasteiger partial charge in [-0.2, -0.15) is 0 Å². The van der Waals surface area contributed by atoms with Crippen molar-refractivity contribution in [2.75, 3.05) is 6.61 Å². The first-order valence-electron chi connectivity index (χ1n) is 9.22. The second-order valence-corrected chi connectivity index (χ2v) is 8.98. The SMILES string of the molecule is Cn1c(=O)c2c(-c3ccc(Br)cc3)n3c(c2n(C)c1=O)[C@@H](c1cccs1)OCC3. The zero-order valence-electron chi connectivity index (χ0n) is 15.9. The second-order valence-electron chi connectivity index (χ2n) is 7.09. The quantitative estimate of drug-likeness (QED) is 0.448. The zero-order valence-corrected chi connectivity index (χ0v) is 18.3. The number of aromatic nitrogens is 3. The van der Waals surface area contributed by atoms with Gasteiger partial charge in [-0.05, 0) is 29.1 Å². The van der Waals surface area contributed by atoms with Gasteiger partial charge in [-0.3, -0.25) is 13.9 Å². The minimum absolute atomic E-state index is 0.284. The van der Waals surface area contributed by atoms with Crippen LogP contribution < -0.4 is 11.2 Å². The third-order valence-corrected chi connectivity index (χ3v) is 6.92. The van der Waals surface area contributed by atoms with E-state index in [0.29, 0.717) is 24.1 Å². The van der Waals surface area contributed by atoms with Crippen molar-refractivity contribution in [1.82, 2.24) is 13.7 Å². The Kier molecular flexibility index (Phi) is 4.38. The van der Waals surface area contributed by atoms with Gasteiger partial charge in [0.2, 0.25) is 0 Å². The molecular formula is C21H18BrN3O3S. The molecule has 29 heavy (non-hydrogen) atoms. The lowest BCUT2D eigenvalue weighted by atomic mass is 10.1. The Labute approximate surface area is 178 Å². The van der Waals surface area contributed by atoms with Crippen LogP contribution in [0.3, 0.4) is 0 Å². The topological polar surface area (TPSA) is 58.2 Å². The van der Waals surface area contributed by atoms with Gasteiger partial charge in [-0.15, -0.1) is 11.3 Å². The van der Waals surface area contributed by atoms with E-state index in [4.69, 9.17) is 4.74 Å². The molecule has 0 unspecified atom stereocenters. The van der Waals surface area contributed by atoms with Gasteiger partial charge in [0.25, 0.3) is 5.56 Å². The Hall–Kier alpha value is -2.42. The van der Waals surface area contributed by atoms with Gasteiger partial charge in [0, 0.05) is 30.0 Å². The van der Waals surface area contributed by atoms with Crippen LogP contribution in [0.1, 0.15) is 16.7 Å². The number of halogens is 1. The highest BCUT2D eigenvalue weighted by atomic mass is 79.9. The molecule has 0 bridgehead atoms. The molecule has 4 heterocycles. The van der Waals surface area contributed by atoms with Crippen LogP contribution in [-0.2, 0) is 25.4 Å². The van der Waals surface area contributed by atoms with Gasteiger partial charge < -0.3 is 9.30 Å². The number of benzene rings is 1. The molecule has 1 aliphatic heterocycles. The summed E-state index contributed by atoms with van der Waals surface area (Å²) in [5.74, 6) is 0. The van der Waals surface area contributed by atoms with Crippen molar-refractivity contribution in [3.8, 4) is 11.3 Å². The number of nitrogens with zero attached hydrogens (tertiary/aromatic N) is 3. The Balaban J connectivity index is 1.97. The van der Waals surface area contributed by atoms with Crippen molar-refractivity contribution in [2.45, 2.75) is 12.6 Å². The largest absolute Gasteiger partial charge is 0.364 e. The molecule has 0 radical (unpaired) electrons. The first-order valence-corrected chi connectivity index (χ1v) is 10.9. The molecule has 6 nitrogen and oxygen atoms in total. The van der Waals surface area contributed by atoms with E-state index >= 15 is 0 Å². The van der Waals surface area contributed by atoms with Gasteiger partial charge in [-0.1, -0.05) is 34.1 Å². The predicted octanol–water partition coefficient (Wildman–Crippen LogP) is 3.65. The summed E-state index contributed by atoms with van der Waals surface area (Å²) in [6.45, 7) is 1.16. The van der Waals surface area contributed by atoms with Crippen LogP contribution in [0.25, 0.3) is 22.2 Å². The van der Waals surface area contributed by atoms with E-state index in [2.05, 4.69) is 20.5 Å². The van der Waals surface area contributed by atoms with E-state index in [1.54, 1.807) is 23.0 Å². The van der Waals surface area contributed by atoms with Crippen molar-refractivity contribution < 1.29 is 4.74 Å². The number of fused-ring (bicyclic) bond motifs is 3.